The van der Waals surface area contributed by atoms with Gasteiger partial charge < -0.3 is 0 Å². The van der Waals surface area contributed by atoms with Gasteiger partial charge in [-0.05, 0) is 123 Å². The van der Waals surface area contributed by atoms with Crippen molar-refractivity contribution >= 4 is 0 Å². The van der Waals surface area contributed by atoms with Gasteiger partial charge in [-0.3, -0.25) is 19.9 Å². The van der Waals surface area contributed by atoms with Crippen molar-refractivity contribution in [2.24, 2.45) is 0 Å². The molecular weight excluding hydrogens is 661 g/mol. The molecule has 6 aromatic heterocycles. The fourth-order valence-electron chi connectivity index (χ4n) is 6.57. The summed E-state index contributed by atoms with van der Waals surface area (Å²) in [5.41, 5.74) is 15.4. The van der Waals surface area contributed by atoms with Crippen LogP contribution in [0.1, 0.15) is 0 Å². The highest BCUT2D eigenvalue weighted by molar-refractivity contribution is 5.80. The SMILES string of the molecule is c1ccc(-c2cc(-c3ccc(-c4cccc(-c5ccc(-c6cc(-c7ccccn7)nc(-c7ccccn7)c6)cc5)c4)cc3)cc(-c3ccccn3)n2)nc1. The zero-order chi connectivity index (χ0) is 36.1. The quantitative estimate of drug-likeness (QED) is 0.158. The van der Waals surface area contributed by atoms with Gasteiger partial charge in [0.15, 0.2) is 0 Å². The Kier molecular flexibility index (Phi) is 8.81. The maximum Gasteiger partial charge on any atom is 0.0900 e. The third kappa shape index (κ3) is 6.92. The minimum Gasteiger partial charge on any atom is -0.255 e. The normalized spacial score (nSPS) is 11.0. The number of hydrogen-bond acceptors (Lipinski definition) is 6. The number of aromatic nitrogens is 6. The highest BCUT2D eigenvalue weighted by Gasteiger charge is 2.13. The van der Waals surface area contributed by atoms with Gasteiger partial charge >= 0.3 is 0 Å². The van der Waals surface area contributed by atoms with Crippen LogP contribution >= 0.6 is 0 Å². The third-order valence-electron chi connectivity index (χ3n) is 9.33. The first kappa shape index (κ1) is 32.5. The van der Waals surface area contributed by atoms with E-state index >= 15 is 0 Å². The molecular formula is C48H32N6. The Labute approximate surface area is 313 Å². The number of rotatable bonds is 8. The largest absolute Gasteiger partial charge is 0.255 e. The molecule has 0 bridgehead atoms. The van der Waals surface area contributed by atoms with E-state index in [1.165, 1.54) is 0 Å². The van der Waals surface area contributed by atoms with Crippen molar-refractivity contribution in [1.29, 1.82) is 0 Å². The molecule has 0 saturated carbocycles. The molecule has 9 rings (SSSR count). The van der Waals surface area contributed by atoms with Crippen LogP contribution < -0.4 is 0 Å². The lowest BCUT2D eigenvalue weighted by molar-refractivity contribution is 1.22. The van der Waals surface area contributed by atoms with E-state index in [1.54, 1.807) is 24.8 Å². The molecule has 3 aromatic carbocycles. The summed E-state index contributed by atoms with van der Waals surface area (Å²) >= 11 is 0. The van der Waals surface area contributed by atoms with E-state index in [0.717, 1.165) is 90.1 Å². The summed E-state index contributed by atoms with van der Waals surface area (Å²) in [6.07, 6.45) is 7.17. The maximum absolute atomic E-state index is 4.93. The van der Waals surface area contributed by atoms with Crippen molar-refractivity contribution in [2.75, 3.05) is 0 Å². The zero-order valence-electron chi connectivity index (χ0n) is 29.2. The molecule has 6 heterocycles. The molecule has 0 amide bonds. The van der Waals surface area contributed by atoms with E-state index < -0.39 is 0 Å². The predicted octanol–water partition coefficient (Wildman–Crippen LogP) is 11.4. The lowest BCUT2D eigenvalue weighted by atomic mass is 9.95. The Bertz CT molecular complexity index is 2370. The van der Waals surface area contributed by atoms with Gasteiger partial charge in [0.2, 0.25) is 0 Å². The number of hydrogen-bond donors (Lipinski definition) is 0. The molecule has 9 aromatic rings. The molecule has 0 spiro atoms. The van der Waals surface area contributed by atoms with Gasteiger partial charge in [-0.1, -0.05) is 91.0 Å². The Morgan fingerprint density at radius 2 is 0.500 bits per heavy atom. The summed E-state index contributed by atoms with van der Waals surface area (Å²) < 4.78 is 0. The van der Waals surface area contributed by atoms with Gasteiger partial charge in [-0.15, -0.1) is 0 Å². The number of benzene rings is 3. The Morgan fingerprint density at radius 1 is 0.204 bits per heavy atom. The van der Waals surface area contributed by atoms with Crippen LogP contribution in [0.5, 0.6) is 0 Å². The third-order valence-corrected chi connectivity index (χ3v) is 9.33. The second kappa shape index (κ2) is 14.7. The Balaban J connectivity index is 1.00. The van der Waals surface area contributed by atoms with E-state index in [0.29, 0.717) is 0 Å². The molecule has 0 aliphatic rings. The molecule has 0 saturated heterocycles. The van der Waals surface area contributed by atoms with Crippen LogP contribution in [0.2, 0.25) is 0 Å². The first-order valence-corrected chi connectivity index (χ1v) is 17.7. The highest BCUT2D eigenvalue weighted by atomic mass is 14.8. The van der Waals surface area contributed by atoms with Crippen molar-refractivity contribution in [2.45, 2.75) is 0 Å². The molecule has 0 unspecified atom stereocenters. The molecule has 54 heavy (non-hydrogen) atoms. The van der Waals surface area contributed by atoms with Crippen LogP contribution in [-0.4, -0.2) is 29.9 Å². The summed E-state index contributed by atoms with van der Waals surface area (Å²) in [4.78, 5) is 28.1. The fraction of sp³-hybridized carbons (Fsp3) is 0. The molecule has 0 aliphatic carbocycles. The van der Waals surface area contributed by atoms with Crippen LogP contribution in [0.3, 0.4) is 0 Å². The first-order valence-electron chi connectivity index (χ1n) is 17.7. The van der Waals surface area contributed by atoms with E-state index in [-0.39, 0.29) is 0 Å². The predicted molar refractivity (Wildman–Crippen MR) is 217 cm³/mol. The van der Waals surface area contributed by atoms with Gasteiger partial charge in [-0.25, -0.2) is 9.97 Å². The minimum absolute atomic E-state index is 0.808. The van der Waals surface area contributed by atoms with E-state index in [1.807, 2.05) is 72.8 Å². The van der Waals surface area contributed by atoms with Crippen LogP contribution in [0.4, 0.5) is 0 Å². The van der Waals surface area contributed by atoms with E-state index in [4.69, 9.17) is 9.97 Å². The monoisotopic (exact) mass is 692 g/mol. The van der Waals surface area contributed by atoms with Crippen LogP contribution in [-0.2, 0) is 0 Å². The summed E-state index contributed by atoms with van der Waals surface area (Å²) in [6.45, 7) is 0. The van der Waals surface area contributed by atoms with Gasteiger partial charge in [0, 0.05) is 24.8 Å². The molecule has 254 valence electrons. The summed E-state index contributed by atoms with van der Waals surface area (Å²) in [5, 5.41) is 0. The smallest absolute Gasteiger partial charge is 0.0900 e. The number of nitrogens with zero attached hydrogens (tertiary/aromatic N) is 6. The van der Waals surface area contributed by atoms with Gasteiger partial charge in [0.05, 0.1) is 45.6 Å². The molecule has 0 N–H and O–H groups in total. The molecule has 0 radical (unpaired) electrons. The Morgan fingerprint density at radius 3 is 0.778 bits per heavy atom. The Hall–Kier alpha value is -7.44. The lowest BCUT2D eigenvalue weighted by Crippen LogP contribution is -1.94. The van der Waals surface area contributed by atoms with Crippen LogP contribution in [0.15, 0.2) is 195 Å². The van der Waals surface area contributed by atoms with Crippen molar-refractivity contribution in [3.8, 4) is 90.1 Å². The summed E-state index contributed by atoms with van der Waals surface area (Å²) in [6, 6.07) is 58.0. The lowest BCUT2D eigenvalue weighted by Gasteiger charge is -2.11. The topological polar surface area (TPSA) is 77.3 Å². The van der Waals surface area contributed by atoms with Gasteiger partial charge in [0.25, 0.3) is 0 Å². The maximum atomic E-state index is 4.93. The second-order valence-corrected chi connectivity index (χ2v) is 12.8. The first-order chi connectivity index (χ1) is 26.7. The molecule has 0 aliphatic heterocycles. The van der Waals surface area contributed by atoms with Crippen LogP contribution in [0, 0.1) is 0 Å². The minimum atomic E-state index is 0.808. The summed E-state index contributed by atoms with van der Waals surface area (Å²) in [5.74, 6) is 0. The summed E-state index contributed by atoms with van der Waals surface area (Å²) in [7, 11) is 0. The van der Waals surface area contributed by atoms with Crippen molar-refractivity contribution in [1.82, 2.24) is 29.9 Å². The highest BCUT2D eigenvalue weighted by Crippen LogP contribution is 2.34. The van der Waals surface area contributed by atoms with Crippen molar-refractivity contribution in [3.05, 3.63) is 195 Å². The van der Waals surface area contributed by atoms with E-state index in [9.17, 15) is 0 Å². The standard InChI is InChI=1S/C48H32N6/c1-5-24-49-41(12-1)45-29-39(30-46(53-45)42-13-2-6-25-50-42)35-20-16-33(17-21-35)37-10-9-11-38(28-37)34-18-22-36(23-19-34)40-31-47(43-14-3-7-26-51-43)54-48(32-40)44-15-4-8-27-52-44/h1-32H. The molecule has 0 atom stereocenters. The second-order valence-electron chi connectivity index (χ2n) is 12.8. The molecule has 6 nitrogen and oxygen atoms in total. The van der Waals surface area contributed by atoms with Crippen molar-refractivity contribution < 1.29 is 0 Å². The fourth-order valence-corrected chi connectivity index (χ4v) is 6.57. The average Bonchev–Trinajstić information content (AvgIpc) is 3.27. The van der Waals surface area contributed by atoms with Gasteiger partial charge in [-0.2, -0.15) is 0 Å². The van der Waals surface area contributed by atoms with Gasteiger partial charge in [0.1, 0.15) is 0 Å². The van der Waals surface area contributed by atoms with Crippen molar-refractivity contribution in [3.63, 3.8) is 0 Å². The molecule has 0 fully saturated rings. The number of pyridine rings is 6. The van der Waals surface area contributed by atoms with Crippen LogP contribution in [0.25, 0.3) is 90.1 Å². The average molecular weight is 693 g/mol. The zero-order valence-corrected chi connectivity index (χ0v) is 29.2. The van der Waals surface area contributed by atoms with E-state index in [2.05, 4.69) is 117 Å². The molecule has 6 heteroatoms.